The highest BCUT2D eigenvalue weighted by atomic mass is 16.5. The number of aliphatic hydroxyl groups excluding tert-OH is 1. The summed E-state index contributed by atoms with van der Waals surface area (Å²) >= 11 is 0. The van der Waals surface area contributed by atoms with Crippen molar-refractivity contribution in [2.24, 2.45) is 0 Å². The molecule has 0 atom stereocenters. The summed E-state index contributed by atoms with van der Waals surface area (Å²) in [6.45, 7) is -1.02. The van der Waals surface area contributed by atoms with Crippen LogP contribution in [0.2, 0.25) is 0 Å². The first kappa shape index (κ1) is 22.2. The van der Waals surface area contributed by atoms with E-state index in [-0.39, 0.29) is 24.7 Å². The van der Waals surface area contributed by atoms with Gasteiger partial charge in [-0.2, -0.15) is 0 Å². The van der Waals surface area contributed by atoms with Gasteiger partial charge >= 0.3 is 0 Å². The molecule has 1 amide bonds. The van der Waals surface area contributed by atoms with Crippen molar-refractivity contribution in [3.63, 3.8) is 0 Å². The zero-order chi connectivity index (χ0) is 22.8. The Morgan fingerprint density at radius 3 is 2.31 bits per heavy atom. The van der Waals surface area contributed by atoms with E-state index in [2.05, 4.69) is 29.0 Å². The van der Waals surface area contributed by atoms with E-state index in [4.69, 9.17) is 14.3 Å². The van der Waals surface area contributed by atoms with Gasteiger partial charge in [-0.1, -0.05) is 30.0 Å². The average Bonchev–Trinajstić information content (AvgIpc) is 2.82. The van der Waals surface area contributed by atoms with Crippen molar-refractivity contribution in [2.75, 3.05) is 6.61 Å². The van der Waals surface area contributed by atoms with Crippen LogP contribution in [0.4, 0.5) is 0 Å². The first-order valence-corrected chi connectivity index (χ1v) is 9.57. The Morgan fingerprint density at radius 1 is 1.00 bits per heavy atom. The molecule has 0 aliphatic heterocycles. The second-order valence-electron chi connectivity index (χ2n) is 6.46. The molecule has 0 aliphatic rings. The molecule has 0 saturated heterocycles. The van der Waals surface area contributed by atoms with Gasteiger partial charge in [-0.25, -0.2) is 0 Å². The molecule has 0 spiro atoms. The van der Waals surface area contributed by atoms with E-state index in [1.165, 1.54) is 0 Å². The van der Waals surface area contributed by atoms with Gasteiger partial charge in [0, 0.05) is 17.2 Å². The number of rotatable bonds is 6. The van der Waals surface area contributed by atoms with Crippen molar-refractivity contribution < 1.29 is 24.2 Å². The number of amides is 1. The fourth-order valence-corrected chi connectivity index (χ4v) is 2.53. The van der Waals surface area contributed by atoms with E-state index in [1.54, 1.807) is 24.3 Å². The molecule has 7 heteroatoms. The van der Waals surface area contributed by atoms with Crippen molar-refractivity contribution in [1.82, 2.24) is 5.32 Å². The van der Waals surface area contributed by atoms with Gasteiger partial charge < -0.3 is 24.7 Å². The Labute approximate surface area is 184 Å². The van der Waals surface area contributed by atoms with Gasteiger partial charge in [-0.3, -0.25) is 9.59 Å². The van der Waals surface area contributed by atoms with Crippen LogP contribution in [-0.2, 0) is 17.9 Å². The van der Waals surface area contributed by atoms with E-state index in [0.29, 0.717) is 5.75 Å². The average molecular weight is 429 g/mol. The summed E-state index contributed by atoms with van der Waals surface area (Å²) in [6.07, 6.45) is 0. The predicted molar refractivity (Wildman–Crippen MR) is 117 cm³/mol. The molecule has 0 radical (unpaired) electrons. The summed E-state index contributed by atoms with van der Waals surface area (Å²) in [5, 5.41) is 20.8. The minimum atomic E-state index is -0.715. The first-order valence-electron chi connectivity index (χ1n) is 9.57. The molecule has 0 unspecified atom stereocenters. The standard InChI is InChI=1S/C25H19NO6/c27-16-24(29)26-15-23-25(30)22(28)14-21(32-23)17-31-20-12-10-19(11-13-20)9-5-4-8-18-6-2-1-3-7-18/h1-3,6-7,10-14,27,30H,15-17H2,(H,26,29). The number of hydrogen-bond acceptors (Lipinski definition) is 6. The molecule has 7 nitrogen and oxygen atoms in total. The van der Waals surface area contributed by atoms with Crippen molar-refractivity contribution in [2.45, 2.75) is 13.2 Å². The number of carbonyl (C=O) groups is 1. The maximum atomic E-state index is 11.9. The van der Waals surface area contributed by atoms with Crippen LogP contribution in [0.15, 0.2) is 69.9 Å². The molecule has 0 saturated carbocycles. The molecule has 160 valence electrons. The molecular formula is C25H19NO6. The van der Waals surface area contributed by atoms with Crippen LogP contribution in [0.5, 0.6) is 11.5 Å². The molecular weight excluding hydrogens is 410 g/mol. The van der Waals surface area contributed by atoms with Crippen LogP contribution in [0.25, 0.3) is 0 Å². The maximum absolute atomic E-state index is 11.9. The molecule has 0 aliphatic carbocycles. The summed E-state index contributed by atoms with van der Waals surface area (Å²) in [4.78, 5) is 23.0. The Hall–Kier alpha value is -4.46. The van der Waals surface area contributed by atoms with Crippen molar-refractivity contribution >= 4 is 5.91 Å². The van der Waals surface area contributed by atoms with Crippen LogP contribution < -0.4 is 15.5 Å². The lowest BCUT2D eigenvalue weighted by Crippen LogP contribution is -2.26. The third kappa shape index (κ3) is 6.53. The Kier molecular flexibility index (Phi) is 7.69. The van der Waals surface area contributed by atoms with E-state index in [9.17, 15) is 14.7 Å². The number of hydrogen-bond donors (Lipinski definition) is 3. The zero-order valence-electron chi connectivity index (χ0n) is 16.9. The summed E-state index contributed by atoms with van der Waals surface area (Å²) in [6, 6.07) is 17.7. The number of ether oxygens (including phenoxy) is 1. The van der Waals surface area contributed by atoms with Crippen LogP contribution in [0.1, 0.15) is 22.6 Å². The molecule has 3 N–H and O–H groups in total. The first-order chi connectivity index (χ1) is 15.5. The maximum Gasteiger partial charge on any atom is 0.246 e. The number of aliphatic hydroxyl groups is 1. The second kappa shape index (κ2) is 11.1. The Bertz CT molecular complexity index is 1260. The van der Waals surface area contributed by atoms with E-state index in [0.717, 1.165) is 17.2 Å². The highest BCUT2D eigenvalue weighted by Gasteiger charge is 2.12. The Balaban J connectivity index is 1.60. The van der Waals surface area contributed by atoms with E-state index < -0.39 is 23.7 Å². The van der Waals surface area contributed by atoms with Gasteiger partial charge in [0.25, 0.3) is 0 Å². The second-order valence-corrected chi connectivity index (χ2v) is 6.46. The topological polar surface area (TPSA) is 109 Å². The smallest absolute Gasteiger partial charge is 0.246 e. The molecule has 2 aromatic carbocycles. The molecule has 3 aromatic rings. The molecule has 1 heterocycles. The van der Waals surface area contributed by atoms with Gasteiger partial charge in [0.2, 0.25) is 17.1 Å². The van der Waals surface area contributed by atoms with Crippen LogP contribution in [0.3, 0.4) is 0 Å². The van der Waals surface area contributed by atoms with Gasteiger partial charge in [-0.15, -0.1) is 0 Å². The minimum Gasteiger partial charge on any atom is -0.502 e. The van der Waals surface area contributed by atoms with Gasteiger partial charge in [0.05, 0.1) is 6.54 Å². The normalized spacial score (nSPS) is 9.66. The van der Waals surface area contributed by atoms with Gasteiger partial charge in [0.1, 0.15) is 24.7 Å². The minimum absolute atomic E-state index is 0.0654. The molecule has 32 heavy (non-hydrogen) atoms. The Morgan fingerprint density at radius 2 is 1.66 bits per heavy atom. The van der Waals surface area contributed by atoms with E-state index in [1.807, 2.05) is 30.3 Å². The third-order valence-electron chi connectivity index (χ3n) is 4.12. The number of benzene rings is 2. The lowest BCUT2D eigenvalue weighted by molar-refractivity contribution is -0.124. The molecule has 3 rings (SSSR count). The lowest BCUT2D eigenvalue weighted by atomic mass is 10.2. The fourth-order valence-electron chi connectivity index (χ4n) is 2.53. The largest absolute Gasteiger partial charge is 0.502 e. The van der Waals surface area contributed by atoms with Crippen LogP contribution >= 0.6 is 0 Å². The highest BCUT2D eigenvalue weighted by molar-refractivity contribution is 5.76. The molecule has 0 bridgehead atoms. The third-order valence-corrected chi connectivity index (χ3v) is 4.12. The quantitative estimate of drug-likeness (QED) is 0.517. The van der Waals surface area contributed by atoms with Gasteiger partial charge in [-0.05, 0) is 48.2 Å². The van der Waals surface area contributed by atoms with E-state index >= 15 is 0 Å². The molecule has 1 aromatic heterocycles. The fraction of sp³-hybridized carbons (Fsp3) is 0.120. The van der Waals surface area contributed by atoms with Gasteiger partial charge in [0.15, 0.2) is 5.76 Å². The predicted octanol–water partition coefficient (Wildman–Crippen LogP) is 1.94. The highest BCUT2D eigenvalue weighted by Crippen LogP contribution is 2.17. The lowest BCUT2D eigenvalue weighted by Gasteiger charge is -2.09. The molecule has 0 fully saturated rings. The number of carbonyl (C=O) groups excluding carboxylic acids is 1. The summed E-state index contributed by atoms with van der Waals surface area (Å²) < 4.78 is 11.0. The van der Waals surface area contributed by atoms with Crippen LogP contribution in [-0.4, -0.2) is 22.7 Å². The number of nitrogens with one attached hydrogen (secondary N) is 1. The summed E-state index contributed by atoms with van der Waals surface area (Å²) in [5.74, 6) is 10.8. The van der Waals surface area contributed by atoms with Crippen molar-refractivity contribution in [3.05, 3.63) is 93.5 Å². The summed E-state index contributed by atoms with van der Waals surface area (Å²) in [5.41, 5.74) is 0.994. The number of aromatic hydroxyl groups is 1. The summed E-state index contributed by atoms with van der Waals surface area (Å²) in [7, 11) is 0. The SMILES string of the molecule is O=C(CO)NCc1oc(COc2ccc(C#CC#Cc3ccccc3)cc2)cc(=O)c1O. The monoisotopic (exact) mass is 429 g/mol. The van der Waals surface area contributed by atoms with Crippen molar-refractivity contribution in [1.29, 1.82) is 0 Å². The van der Waals surface area contributed by atoms with Crippen molar-refractivity contribution in [3.8, 4) is 35.2 Å². The zero-order valence-corrected chi connectivity index (χ0v) is 16.9. The van der Waals surface area contributed by atoms with Crippen LogP contribution in [0, 0.1) is 23.7 Å².